The van der Waals surface area contributed by atoms with Gasteiger partial charge in [0.05, 0.1) is 6.61 Å². The Balaban J connectivity index is 1.27. The van der Waals surface area contributed by atoms with Crippen molar-refractivity contribution >= 4 is 17.5 Å². The average Bonchev–Trinajstić information content (AvgIpc) is 3.30. The zero-order chi connectivity index (χ0) is 22.9. The van der Waals surface area contributed by atoms with Crippen LogP contribution in [0.4, 0.5) is 0 Å². The first kappa shape index (κ1) is 21.8. The van der Waals surface area contributed by atoms with Crippen LogP contribution in [-0.2, 0) is 27.3 Å². The molecule has 0 aromatic heterocycles. The number of esters is 1. The number of ether oxygens (including phenoxy) is 3. The molecule has 2 heterocycles. The Bertz CT molecular complexity index is 1120. The number of Topliss-reactive ketones (excluding diaryl/α,β-unsaturated/α-hetero) is 2. The van der Waals surface area contributed by atoms with Crippen molar-refractivity contribution in [1.29, 1.82) is 0 Å². The van der Waals surface area contributed by atoms with Crippen molar-refractivity contribution in [2.24, 2.45) is 5.92 Å². The third-order valence-electron chi connectivity index (χ3n) is 6.71. The minimum absolute atomic E-state index is 0.172. The van der Waals surface area contributed by atoms with E-state index >= 15 is 0 Å². The average molecular weight is 450 g/mol. The molecule has 3 aliphatic rings. The second kappa shape index (κ2) is 9.08. The fourth-order valence-electron chi connectivity index (χ4n) is 4.97. The summed E-state index contributed by atoms with van der Waals surface area (Å²) >= 11 is 0. The van der Waals surface area contributed by atoms with E-state index in [1.165, 1.54) is 0 Å². The Morgan fingerprint density at radius 1 is 1.09 bits per heavy atom. The van der Waals surface area contributed by atoms with Crippen LogP contribution in [-0.4, -0.2) is 50.4 Å². The van der Waals surface area contributed by atoms with Crippen molar-refractivity contribution in [2.45, 2.75) is 38.3 Å². The zero-order valence-corrected chi connectivity index (χ0v) is 18.6. The van der Waals surface area contributed by atoms with Gasteiger partial charge in [-0.1, -0.05) is 12.1 Å². The van der Waals surface area contributed by atoms with Gasteiger partial charge >= 0.3 is 5.97 Å². The quantitative estimate of drug-likeness (QED) is 0.535. The number of benzene rings is 2. The number of hydrogen-bond donors (Lipinski definition) is 1. The molecule has 172 valence electrons. The summed E-state index contributed by atoms with van der Waals surface area (Å²) in [5, 5.41) is 3.13. The van der Waals surface area contributed by atoms with Gasteiger partial charge in [-0.05, 0) is 60.1 Å². The largest absolute Gasteiger partial charge is 0.488 e. The van der Waals surface area contributed by atoms with Crippen LogP contribution in [0.5, 0.6) is 5.75 Å². The molecule has 2 aromatic rings. The monoisotopic (exact) mass is 449 g/mol. The zero-order valence-electron chi connectivity index (χ0n) is 18.6. The molecule has 0 amide bonds. The smallest absolute Gasteiger partial charge is 0.323 e. The topological polar surface area (TPSA) is 90.9 Å². The van der Waals surface area contributed by atoms with Crippen molar-refractivity contribution in [3.05, 3.63) is 52.6 Å². The van der Waals surface area contributed by atoms with Crippen LogP contribution in [0.15, 0.2) is 30.3 Å². The molecule has 1 aliphatic carbocycles. The molecule has 5 rings (SSSR count). The van der Waals surface area contributed by atoms with Crippen LogP contribution >= 0.6 is 0 Å². The molecule has 2 aromatic carbocycles. The van der Waals surface area contributed by atoms with Gasteiger partial charge in [0, 0.05) is 36.8 Å². The van der Waals surface area contributed by atoms with Crippen LogP contribution in [0.3, 0.4) is 0 Å². The minimum Gasteiger partial charge on any atom is -0.488 e. The van der Waals surface area contributed by atoms with E-state index < -0.39 is 12.0 Å². The number of aryl methyl sites for hydroxylation is 1. The van der Waals surface area contributed by atoms with Crippen molar-refractivity contribution in [3.8, 4) is 16.9 Å². The molecular weight excluding hydrogens is 422 g/mol. The van der Waals surface area contributed by atoms with Crippen LogP contribution in [0.1, 0.15) is 51.1 Å². The van der Waals surface area contributed by atoms with E-state index in [2.05, 4.69) is 11.4 Å². The summed E-state index contributed by atoms with van der Waals surface area (Å²) in [4.78, 5) is 37.3. The van der Waals surface area contributed by atoms with Crippen molar-refractivity contribution < 1.29 is 28.6 Å². The second-order valence-electron chi connectivity index (χ2n) is 8.99. The number of carbonyl (C=O) groups is 3. The van der Waals surface area contributed by atoms with E-state index in [1.54, 1.807) is 13.2 Å². The molecule has 0 saturated carbocycles. The van der Waals surface area contributed by atoms with E-state index in [-0.39, 0.29) is 24.1 Å². The van der Waals surface area contributed by atoms with Crippen molar-refractivity contribution in [3.63, 3.8) is 0 Å². The summed E-state index contributed by atoms with van der Waals surface area (Å²) in [6.45, 7) is 1.32. The summed E-state index contributed by atoms with van der Waals surface area (Å²) in [6, 6.07) is 9.00. The maximum Gasteiger partial charge on any atom is 0.323 e. The molecule has 33 heavy (non-hydrogen) atoms. The van der Waals surface area contributed by atoms with Gasteiger partial charge in [0.15, 0.2) is 18.2 Å². The lowest BCUT2D eigenvalue weighted by Gasteiger charge is -2.25. The SMILES string of the molecule is COCC1CNC(C(=O)OCC(=O)c2ccc3c(c2)COc2cc4c(cc2-3)CCCC4=O)C1. The minimum atomic E-state index is -0.406. The van der Waals surface area contributed by atoms with Crippen LogP contribution in [0.25, 0.3) is 11.1 Å². The Hall–Kier alpha value is -3.03. The molecule has 1 saturated heterocycles. The van der Waals surface area contributed by atoms with E-state index in [9.17, 15) is 14.4 Å². The number of methoxy groups -OCH3 is 1. The maximum absolute atomic E-state index is 12.7. The molecule has 2 aliphatic heterocycles. The third kappa shape index (κ3) is 4.30. The van der Waals surface area contributed by atoms with Gasteiger partial charge in [-0.3, -0.25) is 14.4 Å². The highest BCUT2D eigenvalue weighted by atomic mass is 16.5. The molecule has 0 radical (unpaired) electrons. The molecule has 1 fully saturated rings. The second-order valence-corrected chi connectivity index (χ2v) is 8.99. The first-order valence-electron chi connectivity index (χ1n) is 11.4. The lowest BCUT2D eigenvalue weighted by atomic mass is 9.86. The van der Waals surface area contributed by atoms with Crippen LogP contribution < -0.4 is 10.1 Å². The van der Waals surface area contributed by atoms with Gasteiger partial charge in [0.25, 0.3) is 0 Å². The Morgan fingerprint density at radius 2 is 1.97 bits per heavy atom. The molecule has 7 nitrogen and oxygen atoms in total. The number of fused-ring (bicyclic) bond motifs is 4. The fourth-order valence-corrected chi connectivity index (χ4v) is 4.97. The van der Waals surface area contributed by atoms with Gasteiger partial charge < -0.3 is 19.5 Å². The third-order valence-corrected chi connectivity index (χ3v) is 6.71. The molecule has 7 heteroatoms. The predicted molar refractivity (Wildman–Crippen MR) is 121 cm³/mol. The molecule has 0 bridgehead atoms. The van der Waals surface area contributed by atoms with Gasteiger partial charge in [-0.25, -0.2) is 0 Å². The molecule has 0 spiro atoms. The van der Waals surface area contributed by atoms with Gasteiger partial charge in [0.2, 0.25) is 0 Å². The normalized spacial score (nSPS) is 20.9. The number of rotatable bonds is 6. The van der Waals surface area contributed by atoms with E-state index in [1.807, 2.05) is 18.2 Å². The van der Waals surface area contributed by atoms with Crippen molar-refractivity contribution in [1.82, 2.24) is 5.32 Å². The summed E-state index contributed by atoms with van der Waals surface area (Å²) in [5.74, 6) is 0.498. The van der Waals surface area contributed by atoms with E-state index in [0.717, 1.165) is 40.7 Å². The Kier molecular flexibility index (Phi) is 6.00. The van der Waals surface area contributed by atoms with Gasteiger partial charge in [-0.15, -0.1) is 0 Å². The van der Waals surface area contributed by atoms with Gasteiger partial charge in [-0.2, -0.15) is 0 Å². The number of hydrogen-bond acceptors (Lipinski definition) is 7. The lowest BCUT2D eigenvalue weighted by Crippen LogP contribution is -2.33. The molecule has 1 N–H and O–H groups in total. The highest BCUT2D eigenvalue weighted by Gasteiger charge is 2.31. The lowest BCUT2D eigenvalue weighted by molar-refractivity contribution is -0.144. The summed E-state index contributed by atoms with van der Waals surface area (Å²) in [5.41, 5.74) is 5.17. The number of carbonyl (C=O) groups excluding carboxylic acids is 3. The van der Waals surface area contributed by atoms with Crippen LogP contribution in [0, 0.1) is 5.92 Å². The number of ketones is 2. The van der Waals surface area contributed by atoms with Gasteiger partial charge in [0.1, 0.15) is 18.4 Å². The number of nitrogens with one attached hydrogen (secondary N) is 1. The summed E-state index contributed by atoms with van der Waals surface area (Å²) < 4.78 is 16.4. The highest BCUT2D eigenvalue weighted by molar-refractivity contribution is 6.01. The van der Waals surface area contributed by atoms with E-state index in [4.69, 9.17) is 14.2 Å². The standard InChI is InChI=1S/C26H27NO6/c1-31-12-15-7-22(27-11-15)26(30)33-14-24(29)17-5-6-19-18(8-17)13-32-25-10-20-16(9-21(19)25)3-2-4-23(20)28/h5-6,8-10,15,22,27H,2-4,7,11-14H2,1H3. The molecular formula is C26H27NO6. The fraction of sp³-hybridized carbons (Fsp3) is 0.423. The summed E-state index contributed by atoms with van der Waals surface area (Å²) in [7, 11) is 1.64. The van der Waals surface area contributed by atoms with E-state index in [0.29, 0.717) is 43.9 Å². The Labute approximate surface area is 192 Å². The first-order chi connectivity index (χ1) is 16.0. The maximum atomic E-state index is 12.7. The first-order valence-corrected chi connectivity index (χ1v) is 11.4. The molecule has 2 atom stereocenters. The predicted octanol–water partition coefficient (Wildman–Crippen LogP) is 3.12. The highest BCUT2D eigenvalue weighted by Crippen LogP contribution is 2.41. The van der Waals surface area contributed by atoms with Crippen molar-refractivity contribution in [2.75, 3.05) is 26.9 Å². The van der Waals surface area contributed by atoms with Crippen LogP contribution in [0.2, 0.25) is 0 Å². The summed E-state index contributed by atoms with van der Waals surface area (Å²) in [6.07, 6.45) is 2.98. The molecule has 2 unspecified atom stereocenters. The Morgan fingerprint density at radius 3 is 2.82 bits per heavy atom.